The molecule has 3 unspecified atom stereocenters. The van der Waals surface area contributed by atoms with Crippen LogP contribution in [0.15, 0.2) is 55.1 Å². The summed E-state index contributed by atoms with van der Waals surface area (Å²) >= 11 is 0. The van der Waals surface area contributed by atoms with E-state index in [0.29, 0.717) is 12.5 Å². The summed E-state index contributed by atoms with van der Waals surface area (Å²) in [6.45, 7) is 4.73. The molecule has 3 aromatic heterocycles. The van der Waals surface area contributed by atoms with Crippen molar-refractivity contribution in [3.8, 4) is 5.75 Å². The van der Waals surface area contributed by atoms with Crippen molar-refractivity contribution >= 4 is 21.9 Å². The van der Waals surface area contributed by atoms with Gasteiger partial charge in [0.1, 0.15) is 30.6 Å². The van der Waals surface area contributed by atoms with Gasteiger partial charge in [-0.25, -0.2) is 9.97 Å². The first-order chi connectivity index (χ1) is 13.7. The van der Waals surface area contributed by atoms with Gasteiger partial charge in [-0.1, -0.05) is 13.0 Å². The van der Waals surface area contributed by atoms with E-state index < -0.39 is 0 Å². The molecule has 3 atom stereocenters. The van der Waals surface area contributed by atoms with Crippen LogP contribution in [-0.4, -0.2) is 32.2 Å². The lowest BCUT2D eigenvalue weighted by Gasteiger charge is -2.17. The van der Waals surface area contributed by atoms with Crippen molar-refractivity contribution in [3.63, 3.8) is 0 Å². The van der Waals surface area contributed by atoms with Crippen molar-refractivity contribution in [2.75, 3.05) is 6.61 Å². The summed E-state index contributed by atoms with van der Waals surface area (Å²) in [5.41, 5.74) is 2.85. The summed E-state index contributed by atoms with van der Waals surface area (Å²) in [7, 11) is 0. The Morgan fingerprint density at radius 3 is 3.04 bits per heavy atom. The number of benzene rings is 1. The van der Waals surface area contributed by atoms with Crippen molar-refractivity contribution in [1.29, 1.82) is 0 Å². The number of aryl methyl sites for hydroxylation is 1. The highest BCUT2D eigenvalue weighted by atomic mass is 16.6. The van der Waals surface area contributed by atoms with Crippen LogP contribution in [-0.2, 0) is 4.74 Å². The molecular weight excluding hydrogens is 352 g/mol. The standard InChI is InChI=1S/C22H22N4O2/c1-14-10-21(26-9-7-18-15(2)24-13-25-22(18)26)28-20(14)12-27-17-6-5-16-4-3-8-23-19(16)11-17/h3-9,11,13-14,20-21H,10,12H2,1-2H3. The highest BCUT2D eigenvalue weighted by Crippen LogP contribution is 2.35. The average Bonchev–Trinajstić information content (AvgIpc) is 3.30. The molecule has 0 spiro atoms. The molecule has 5 rings (SSSR count). The number of hydrogen-bond acceptors (Lipinski definition) is 5. The third-order valence-corrected chi connectivity index (χ3v) is 5.55. The molecule has 28 heavy (non-hydrogen) atoms. The Kier molecular flexibility index (Phi) is 4.20. The third kappa shape index (κ3) is 2.99. The monoisotopic (exact) mass is 374 g/mol. The van der Waals surface area contributed by atoms with E-state index >= 15 is 0 Å². The zero-order valence-corrected chi connectivity index (χ0v) is 15.9. The van der Waals surface area contributed by atoms with Gasteiger partial charge in [-0.2, -0.15) is 0 Å². The Balaban J connectivity index is 1.30. The maximum Gasteiger partial charge on any atom is 0.145 e. The molecule has 0 N–H and O–H groups in total. The van der Waals surface area contributed by atoms with Gasteiger partial charge in [-0.15, -0.1) is 0 Å². The first kappa shape index (κ1) is 17.1. The van der Waals surface area contributed by atoms with Gasteiger partial charge >= 0.3 is 0 Å². The maximum atomic E-state index is 6.34. The van der Waals surface area contributed by atoms with E-state index in [4.69, 9.17) is 9.47 Å². The second-order valence-corrected chi connectivity index (χ2v) is 7.43. The first-order valence-electron chi connectivity index (χ1n) is 9.60. The molecular formula is C22H22N4O2. The predicted molar refractivity (Wildman–Crippen MR) is 107 cm³/mol. The molecule has 0 aliphatic carbocycles. The van der Waals surface area contributed by atoms with Gasteiger partial charge in [0.05, 0.1) is 17.3 Å². The Hall–Kier alpha value is -2.99. The molecule has 0 radical (unpaired) electrons. The van der Waals surface area contributed by atoms with Crippen LogP contribution < -0.4 is 4.74 Å². The summed E-state index contributed by atoms with van der Waals surface area (Å²) in [5, 5.41) is 2.18. The summed E-state index contributed by atoms with van der Waals surface area (Å²) in [4.78, 5) is 13.1. The van der Waals surface area contributed by atoms with E-state index in [1.807, 2.05) is 43.5 Å². The van der Waals surface area contributed by atoms with Crippen LogP contribution in [0.1, 0.15) is 25.3 Å². The van der Waals surface area contributed by atoms with Gasteiger partial charge in [-0.05, 0) is 43.5 Å². The molecule has 6 nitrogen and oxygen atoms in total. The van der Waals surface area contributed by atoms with Gasteiger partial charge in [0.25, 0.3) is 0 Å². The number of ether oxygens (including phenoxy) is 2. The Morgan fingerprint density at radius 1 is 1.18 bits per heavy atom. The SMILES string of the molecule is Cc1ncnc2c1ccn2C1CC(C)C(COc2ccc3cccnc3c2)O1. The minimum Gasteiger partial charge on any atom is -0.491 e. The quantitative estimate of drug-likeness (QED) is 0.533. The minimum atomic E-state index is -0.0336. The molecule has 4 heterocycles. The number of aromatic nitrogens is 4. The van der Waals surface area contributed by atoms with Gasteiger partial charge in [0.15, 0.2) is 0 Å². The van der Waals surface area contributed by atoms with Crippen molar-refractivity contribution in [2.24, 2.45) is 5.92 Å². The smallest absolute Gasteiger partial charge is 0.145 e. The van der Waals surface area contributed by atoms with Crippen LogP contribution in [0.4, 0.5) is 0 Å². The Morgan fingerprint density at radius 2 is 2.11 bits per heavy atom. The molecule has 0 saturated carbocycles. The summed E-state index contributed by atoms with van der Waals surface area (Å²) in [6, 6.07) is 12.0. The van der Waals surface area contributed by atoms with Gasteiger partial charge < -0.3 is 14.0 Å². The highest BCUT2D eigenvalue weighted by Gasteiger charge is 2.34. The molecule has 4 aromatic rings. The summed E-state index contributed by atoms with van der Waals surface area (Å²) < 4.78 is 14.5. The van der Waals surface area contributed by atoms with Crippen LogP contribution in [0.3, 0.4) is 0 Å². The zero-order chi connectivity index (χ0) is 19.1. The molecule has 1 fully saturated rings. The Bertz CT molecular complexity index is 1140. The first-order valence-corrected chi connectivity index (χ1v) is 9.60. The fourth-order valence-electron chi connectivity index (χ4n) is 3.89. The lowest BCUT2D eigenvalue weighted by atomic mass is 10.0. The van der Waals surface area contributed by atoms with E-state index in [-0.39, 0.29) is 12.3 Å². The van der Waals surface area contributed by atoms with E-state index in [1.54, 1.807) is 12.5 Å². The van der Waals surface area contributed by atoms with Crippen molar-refractivity contribution in [3.05, 3.63) is 60.8 Å². The number of hydrogen-bond donors (Lipinski definition) is 0. The summed E-state index contributed by atoms with van der Waals surface area (Å²) in [6.07, 6.45) is 6.38. The molecule has 1 aromatic carbocycles. The van der Waals surface area contributed by atoms with Crippen molar-refractivity contribution < 1.29 is 9.47 Å². The van der Waals surface area contributed by atoms with E-state index in [9.17, 15) is 0 Å². The van der Waals surface area contributed by atoms with Crippen molar-refractivity contribution in [1.82, 2.24) is 19.5 Å². The third-order valence-electron chi connectivity index (χ3n) is 5.55. The topological polar surface area (TPSA) is 62.1 Å². The van der Waals surface area contributed by atoms with E-state index in [1.165, 1.54) is 0 Å². The lowest BCUT2D eigenvalue weighted by molar-refractivity contribution is -0.0224. The summed E-state index contributed by atoms with van der Waals surface area (Å²) in [5.74, 6) is 1.21. The highest BCUT2D eigenvalue weighted by molar-refractivity contribution is 5.79. The largest absolute Gasteiger partial charge is 0.491 e. The van der Waals surface area contributed by atoms with Crippen molar-refractivity contribution in [2.45, 2.75) is 32.6 Å². The average molecular weight is 374 g/mol. The van der Waals surface area contributed by atoms with Crippen LogP contribution >= 0.6 is 0 Å². The molecule has 142 valence electrons. The molecule has 1 aliphatic heterocycles. The Labute approximate surface area is 163 Å². The zero-order valence-electron chi connectivity index (χ0n) is 15.9. The second kappa shape index (κ2) is 6.87. The molecule has 0 bridgehead atoms. The number of rotatable bonds is 4. The molecule has 0 amide bonds. The second-order valence-electron chi connectivity index (χ2n) is 7.43. The normalized spacial score (nSPS) is 22.1. The number of nitrogens with zero attached hydrogens (tertiary/aromatic N) is 4. The minimum absolute atomic E-state index is 0.0322. The van der Waals surface area contributed by atoms with Crippen LogP contribution in [0, 0.1) is 12.8 Å². The lowest BCUT2D eigenvalue weighted by Crippen LogP contribution is -2.23. The van der Waals surface area contributed by atoms with Gasteiger partial charge in [-0.3, -0.25) is 4.98 Å². The van der Waals surface area contributed by atoms with Crippen LogP contribution in [0.25, 0.3) is 21.9 Å². The fourth-order valence-corrected chi connectivity index (χ4v) is 3.89. The molecule has 6 heteroatoms. The van der Waals surface area contributed by atoms with Crippen LogP contribution in [0.5, 0.6) is 5.75 Å². The maximum absolute atomic E-state index is 6.34. The van der Waals surface area contributed by atoms with E-state index in [0.717, 1.165) is 39.8 Å². The van der Waals surface area contributed by atoms with E-state index in [2.05, 4.69) is 32.5 Å². The number of fused-ring (bicyclic) bond motifs is 2. The number of pyridine rings is 1. The fraction of sp³-hybridized carbons (Fsp3) is 0.318. The van der Waals surface area contributed by atoms with Gasteiger partial charge in [0, 0.05) is 29.2 Å². The predicted octanol–water partition coefficient (Wildman–Crippen LogP) is 4.29. The molecule has 1 aliphatic rings. The van der Waals surface area contributed by atoms with Crippen LogP contribution in [0.2, 0.25) is 0 Å². The molecule has 1 saturated heterocycles. The van der Waals surface area contributed by atoms with Gasteiger partial charge in [0.2, 0.25) is 0 Å².